The number of anilines is 1. The molecule has 5 heteroatoms. The molecule has 2 aromatic rings. The number of rotatable bonds is 3. The van der Waals surface area contributed by atoms with Crippen LogP contribution in [0.25, 0.3) is 0 Å². The van der Waals surface area contributed by atoms with Gasteiger partial charge < -0.3 is 5.32 Å². The number of amides is 1. The van der Waals surface area contributed by atoms with Crippen LogP contribution in [0.1, 0.15) is 15.9 Å². The average molecular weight is 359 g/mol. The van der Waals surface area contributed by atoms with Gasteiger partial charge in [-0.1, -0.05) is 57.3 Å². The van der Waals surface area contributed by atoms with E-state index < -0.39 is 0 Å². The van der Waals surface area contributed by atoms with Gasteiger partial charge in [-0.05, 0) is 29.8 Å². The summed E-state index contributed by atoms with van der Waals surface area (Å²) in [7, 11) is 0. The average Bonchev–Trinajstić information content (AvgIpc) is 2.42. The molecule has 0 saturated carbocycles. The van der Waals surface area contributed by atoms with E-state index in [9.17, 15) is 4.79 Å². The van der Waals surface area contributed by atoms with Crippen molar-refractivity contribution in [3.63, 3.8) is 0 Å². The Balaban J connectivity index is 2.23. The molecule has 0 unspecified atom stereocenters. The molecule has 2 aromatic carbocycles. The van der Waals surface area contributed by atoms with Crippen molar-refractivity contribution < 1.29 is 4.79 Å². The van der Waals surface area contributed by atoms with Crippen LogP contribution in [0.2, 0.25) is 10.0 Å². The van der Waals surface area contributed by atoms with Crippen molar-refractivity contribution >= 4 is 50.7 Å². The molecule has 0 bridgehead atoms. The summed E-state index contributed by atoms with van der Waals surface area (Å²) in [6.45, 7) is 0. The van der Waals surface area contributed by atoms with Gasteiger partial charge in [-0.2, -0.15) is 0 Å². The number of benzene rings is 2. The van der Waals surface area contributed by atoms with Crippen molar-refractivity contribution in [1.82, 2.24) is 0 Å². The second-order valence-electron chi connectivity index (χ2n) is 3.89. The Bertz CT molecular complexity index is 616. The lowest BCUT2D eigenvalue weighted by molar-refractivity contribution is 0.102. The first-order valence-electron chi connectivity index (χ1n) is 5.52. The number of carbonyl (C=O) groups excluding carboxylic acids is 1. The Morgan fingerprint density at radius 2 is 1.89 bits per heavy atom. The Kier molecular flexibility index (Phi) is 4.86. The first kappa shape index (κ1) is 14.4. The maximum absolute atomic E-state index is 12.1. The number of carbonyl (C=O) groups is 1. The zero-order valence-electron chi connectivity index (χ0n) is 9.79. The third kappa shape index (κ3) is 3.50. The fraction of sp³-hybridized carbons (Fsp3) is 0.0714. The van der Waals surface area contributed by atoms with Crippen LogP contribution < -0.4 is 5.32 Å². The quantitative estimate of drug-likeness (QED) is 0.756. The highest BCUT2D eigenvalue weighted by atomic mass is 79.9. The zero-order chi connectivity index (χ0) is 13.8. The van der Waals surface area contributed by atoms with Crippen molar-refractivity contribution in [1.29, 1.82) is 0 Å². The van der Waals surface area contributed by atoms with Gasteiger partial charge in [0.05, 0.1) is 15.6 Å². The summed E-state index contributed by atoms with van der Waals surface area (Å²) >= 11 is 15.3. The summed E-state index contributed by atoms with van der Waals surface area (Å²) in [4.78, 5) is 12.1. The zero-order valence-corrected chi connectivity index (χ0v) is 12.9. The summed E-state index contributed by atoms with van der Waals surface area (Å²) in [5.41, 5.74) is 2.16. The van der Waals surface area contributed by atoms with E-state index in [1.165, 1.54) is 0 Å². The molecule has 0 aliphatic carbocycles. The van der Waals surface area contributed by atoms with Crippen molar-refractivity contribution in [3.05, 3.63) is 63.6 Å². The van der Waals surface area contributed by atoms with Crippen LogP contribution in [0.5, 0.6) is 0 Å². The van der Waals surface area contributed by atoms with Crippen LogP contribution in [0.15, 0.2) is 42.5 Å². The Morgan fingerprint density at radius 3 is 2.63 bits per heavy atom. The lowest BCUT2D eigenvalue weighted by Gasteiger charge is -2.08. The van der Waals surface area contributed by atoms with Gasteiger partial charge in [0.15, 0.2) is 0 Å². The third-order valence-corrected chi connectivity index (χ3v) is 4.00. The lowest BCUT2D eigenvalue weighted by Crippen LogP contribution is -2.12. The second-order valence-corrected chi connectivity index (χ2v) is 5.24. The predicted octanol–water partition coefficient (Wildman–Crippen LogP) is 5.14. The van der Waals surface area contributed by atoms with Gasteiger partial charge in [0, 0.05) is 11.0 Å². The maximum Gasteiger partial charge on any atom is 0.257 e. The molecule has 2 rings (SSSR count). The molecule has 0 heterocycles. The Morgan fingerprint density at radius 1 is 1.16 bits per heavy atom. The monoisotopic (exact) mass is 357 g/mol. The van der Waals surface area contributed by atoms with E-state index in [2.05, 4.69) is 21.2 Å². The van der Waals surface area contributed by atoms with E-state index >= 15 is 0 Å². The summed E-state index contributed by atoms with van der Waals surface area (Å²) in [5.74, 6) is -0.278. The fourth-order valence-corrected chi connectivity index (χ4v) is 2.34. The first-order chi connectivity index (χ1) is 9.11. The number of hydrogen-bond acceptors (Lipinski definition) is 1. The molecule has 19 heavy (non-hydrogen) atoms. The fourth-order valence-electron chi connectivity index (χ4n) is 1.61. The lowest BCUT2D eigenvalue weighted by atomic mass is 10.2. The SMILES string of the molecule is O=C(Nc1cccc(CBr)c1)c1cccc(Cl)c1Cl. The molecule has 0 radical (unpaired) electrons. The number of nitrogens with one attached hydrogen (secondary N) is 1. The van der Waals surface area contributed by atoms with Crippen LogP contribution in [-0.4, -0.2) is 5.91 Å². The highest BCUT2D eigenvalue weighted by Gasteiger charge is 2.12. The topological polar surface area (TPSA) is 29.1 Å². The summed E-state index contributed by atoms with van der Waals surface area (Å²) in [5, 5.41) is 4.16. The van der Waals surface area contributed by atoms with E-state index in [-0.39, 0.29) is 10.9 Å². The van der Waals surface area contributed by atoms with E-state index in [1.807, 2.05) is 24.3 Å². The minimum absolute atomic E-state index is 0.262. The molecule has 0 saturated heterocycles. The highest BCUT2D eigenvalue weighted by molar-refractivity contribution is 9.08. The molecule has 0 aliphatic heterocycles. The highest BCUT2D eigenvalue weighted by Crippen LogP contribution is 2.26. The van der Waals surface area contributed by atoms with Crippen LogP contribution in [0.3, 0.4) is 0 Å². The molecule has 0 aliphatic rings. The van der Waals surface area contributed by atoms with E-state index in [1.54, 1.807) is 18.2 Å². The van der Waals surface area contributed by atoms with Gasteiger partial charge in [0.2, 0.25) is 0 Å². The van der Waals surface area contributed by atoms with E-state index in [0.717, 1.165) is 16.6 Å². The van der Waals surface area contributed by atoms with Gasteiger partial charge in [0.1, 0.15) is 0 Å². The van der Waals surface area contributed by atoms with Gasteiger partial charge in [-0.3, -0.25) is 4.79 Å². The molecule has 1 N–H and O–H groups in total. The molecular formula is C14H10BrCl2NO. The maximum atomic E-state index is 12.1. The van der Waals surface area contributed by atoms with Crippen molar-refractivity contribution in [2.45, 2.75) is 5.33 Å². The van der Waals surface area contributed by atoms with Crippen LogP contribution in [0, 0.1) is 0 Å². The van der Waals surface area contributed by atoms with Crippen LogP contribution in [-0.2, 0) is 5.33 Å². The van der Waals surface area contributed by atoms with Crippen molar-refractivity contribution in [2.75, 3.05) is 5.32 Å². The molecule has 0 spiro atoms. The standard InChI is InChI=1S/C14H10BrCl2NO/c15-8-9-3-1-4-10(7-9)18-14(19)11-5-2-6-12(16)13(11)17/h1-7H,8H2,(H,18,19). The molecular weight excluding hydrogens is 349 g/mol. The minimum Gasteiger partial charge on any atom is -0.322 e. The van der Waals surface area contributed by atoms with Crippen molar-refractivity contribution in [3.8, 4) is 0 Å². The number of halogens is 3. The molecule has 1 amide bonds. The van der Waals surface area contributed by atoms with Crippen LogP contribution in [0.4, 0.5) is 5.69 Å². The molecule has 98 valence electrons. The van der Waals surface area contributed by atoms with Gasteiger partial charge in [-0.15, -0.1) is 0 Å². The normalized spacial score (nSPS) is 10.3. The second kappa shape index (κ2) is 6.42. The van der Waals surface area contributed by atoms with Gasteiger partial charge >= 0.3 is 0 Å². The Labute approximate surface area is 129 Å². The molecule has 0 atom stereocenters. The Hall–Kier alpha value is -1.03. The van der Waals surface area contributed by atoms with Crippen LogP contribution >= 0.6 is 39.1 Å². The molecule has 2 nitrogen and oxygen atoms in total. The summed E-state index contributed by atoms with van der Waals surface area (Å²) in [6, 6.07) is 12.5. The first-order valence-corrected chi connectivity index (χ1v) is 7.40. The minimum atomic E-state index is -0.278. The largest absolute Gasteiger partial charge is 0.322 e. The number of hydrogen-bond donors (Lipinski definition) is 1. The number of alkyl halides is 1. The molecule has 0 aromatic heterocycles. The van der Waals surface area contributed by atoms with E-state index in [4.69, 9.17) is 23.2 Å². The van der Waals surface area contributed by atoms with Crippen molar-refractivity contribution in [2.24, 2.45) is 0 Å². The smallest absolute Gasteiger partial charge is 0.257 e. The summed E-state index contributed by atoms with van der Waals surface area (Å²) in [6.07, 6.45) is 0. The van der Waals surface area contributed by atoms with E-state index in [0.29, 0.717) is 10.6 Å². The molecule has 0 fully saturated rings. The summed E-state index contributed by atoms with van der Waals surface area (Å²) < 4.78 is 0. The van der Waals surface area contributed by atoms with Gasteiger partial charge in [-0.25, -0.2) is 0 Å². The van der Waals surface area contributed by atoms with Gasteiger partial charge in [0.25, 0.3) is 5.91 Å². The predicted molar refractivity (Wildman–Crippen MR) is 83.5 cm³/mol. The third-order valence-electron chi connectivity index (χ3n) is 2.54.